The molecular formula is C10H9ClN2O2. The smallest absolute Gasteiger partial charge is 0.258 e. The zero-order valence-corrected chi connectivity index (χ0v) is 9.08. The van der Waals surface area contributed by atoms with Crippen LogP contribution in [-0.4, -0.2) is 4.92 Å². The number of hydrogen-bond acceptors (Lipinski definition) is 3. The van der Waals surface area contributed by atoms with Crippen molar-refractivity contribution in [1.29, 1.82) is 5.26 Å². The molecule has 0 aromatic heterocycles. The molecule has 78 valence electrons. The van der Waals surface area contributed by atoms with E-state index in [9.17, 15) is 10.1 Å². The standard InChI is InChI=1S/C10H9ClN2O2/c1-10(2,6-12)7-3-4-9(13(14)15)8(11)5-7/h3-5H,1-2H3. The van der Waals surface area contributed by atoms with Crippen LogP contribution in [0.3, 0.4) is 0 Å². The SMILES string of the molecule is CC(C)(C#N)c1ccc([N+](=O)[O-])c(Cl)c1. The molecule has 0 spiro atoms. The van der Waals surface area contributed by atoms with Crippen molar-refractivity contribution in [3.8, 4) is 6.07 Å². The first-order valence-corrected chi connectivity index (χ1v) is 4.62. The van der Waals surface area contributed by atoms with Gasteiger partial charge < -0.3 is 0 Å². The molecule has 1 aromatic rings. The molecule has 0 saturated carbocycles. The third kappa shape index (κ3) is 2.25. The Morgan fingerprint density at radius 1 is 1.53 bits per heavy atom. The maximum Gasteiger partial charge on any atom is 0.287 e. The number of nitro groups is 1. The van der Waals surface area contributed by atoms with Crippen LogP contribution in [0, 0.1) is 21.4 Å². The van der Waals surface area contributed by atoms with Crippen molar-refractivity contribution >= 4 is 17.3 Å². The Morgan fingerprint density at radius 2 is 2.13 bits per heavy atom. The Balaban J connectivity index is 3.25. The van der Waals surface area contributed by atoms with Gasteiger partial charge in [0.1, 0.15) is 5.02 Å². The Bertz CT molecular complexity index is 449. The lowest BCUT2D eigenvalue weighted by molar-refractivity contribution is -0.384. The summed E-state index contributed by atoms with van der Waals surface area (Å²) in [5.74, 6) is 0. The summed E-state index contributed by atoms with van der Waals surface area (Å²) in [6.45, 7) is 3.45. The van der Waals surface area contributed by atoms with Crippen molar-refractivity contribution in [3.05, 3.63) is 38.9 Å². The predicted octanol–water partition coefficient (Wildman–Crippen LogP) is 3.05. The van der Waals surface area contributed by atoms with Crippen molar-refractivity contribution in [1.82, 2.24) is 0 Å². The second-order valence-electron chi connectivity index (χ2n) is 3.66. The molecule has 0 N–H and O–H groups in total. The summed E-state index contributed by atoms with van der Waals surface area (Å²) in [4.78, 5) is 9.96. The van der Waals surface area contributed by atoms with Gasteiger partial charge in [-0.25, -0.2) is 0 Å². The van der Waals surface area contributed by atoms with Gasteiger partial charge in [0.2, 0.25) is 0 Å². The van der Waals surface area contributed by atoms with Crippen LogP contribution in [0.2, 0.25) is 5.02 Å². The van der Waals surface area contributed by atoms with Crippen LogP contribution in [0.15, 0.2) is 18.2 Å². The largest absolute Gasteiger partial charge is 0.287 e. The molecule has 4 nitrogen and oxygen atoms in total. The van der Waals surface area contributed by atoms with Gasteiger partial charge in [-0.2, -0.15) is 5.26 Å². The Hall–Kier alpha value is -1.60. The summed E-state index contributed by atoms with van der Waals surface area (Å²) in [6, 6.07) is 6.43. The van der Waals surface area contributed by atoms with E-state index in [1.54, 1.807) is 19.9 Å². The Morgan fingerprint density at radius 3 is 2.53 bits per heavy atom. The van der Waals surface area contributed by atoms with Crippen LogP contribution in [-0.2, 0) is 5.41 Å². The fraction of sp³-hybridized carbons (Fsp3) is 0.300. The number of nitrogens with zero attached hydrogens (tertiary/aromatic N) is 2. The zero-order chi connectivity index (χ0) is 11.6. The van der Waals surface area contributed by atoms with Crippen molar-refractivity contribution in [2.75, 3.05) is 0 Å². The number of nitriles is 1. The molecule has 0 heterocycles. The first kappa shape index (κ1) is 11.5. The maximum absolute atomic E-state index is 10.5. The van der Waals surface area contributed by atoms with E-state index in [2.05, 4.69) is 6.07 Å². The van der Waals surface area contributed by atoms with E-state index in [-0.39, 0.29) is 10.7 Å². The molecule has 5 heteroatoms. The number of hydrogen-bond donors (Lipinski definition) is 0. The molecule has 0 amide bonds. The minimum absolute atomic E-state index is 0.0563. The van der Waals surface area contributed by atoms with E-state index in [4.69, 9.17) is 16.9 Å². The van der Waals surface area contributed by atoms with Crippen LogP contribution < -0.4 is 0 Å². The molecule has 0 aliphatic carbocycles. The van der Waals surface area contributed by atoms with Crippen LogP contribution in [0.5, 0.6) is 0 Å². The third-order valence-corrected chi connectivity index (χ3v) is 2.45. The average molecular weight is 225 g/mol. The molecule has 0 saturated heterocycles. The average Bonchev–Trinajstić information content (AvgIpc) is 2.17. The lowest BCUT2D eigenvalue weighted by Gasteiger charge is -2.15. The van der Waals surface area contributed by atoms with Gasteiger partial charge in [0.25, 0.3) is 5.69 Å². The Kier molecular flexibility index (Phi) is 2.96. The van der Waals surface area contributed by atoms with Gasteiger partial charge in [-0.05, 0) is 25.5 Å². The number of benzene rings is 1. The third-order valence-electron chi connectivity index (χ3n) is 2.15. The highest BCUT2D eigenvalue weighted by molar-refractivity contribution is 6.32. The molecule has 1 rings (SSSR count). The van der Waals surface area contributed by atoms with Gasteiger partial charge in [0.05, 0.1) is 16.4 Å². The highest BCUT2D eigenvalue weighted by Crippen LogP contribution is 2.30. The first-order valence-electron chi connectivity index (χ1n) is 4.24. The van der Waals surface area contributed by atoms with Crippen LogP contribution in [0.4, 0.5) is 5.69 Å². The summed E-state index contributed by atoms with van der Waals surface area (Å²) < 4.78 is 0. The number of rotatable bonds is 2. The molecule has 15 heavy (non-hydrogen) atoms. The molecule has 0 unspecified atom stereocenters. The van der Waals surface area contributed by atoms with Gasteiger partial charge in [-0.3, -0.25) is 10.1 Å². The normalized spacial score (nSPS) is 10.8. The van der Waals surface area contributed by atoms with Gasteiger partial charge in [-0.15, -0.1) is 0 Å². The highest BCUT2D eigenvalue weighted by Gasteiger charge is 2.22. The lowest BCUT2D eigenvalue weighted by atomic mass is 9.86. The van der Waals surface area contributed by atoms with Gasteiger partial charge in [0, 0.05) is 6.07 Å². The molecular weight excluding hydrogens is 216 g/mol. The van der Waals surface area contributed by atoms with E-state index in [1.807, 2.05) is 0 Å². The van der Waals surface area contributed by atoms with Gasteiger partial charge in [-0.1, -0.05) is 17.7 Å². The predicted molar refractivity (Wildman–Crippen MR) is 56.7 cm³/mol. The summed E-state index contributed by atoms with van der Waals surface area (Å²) >= 11 is 5.74. The molecule has 0 atom stereocenters. The van der Waals surface area contributed by atoms with Crippen molar-refractivity contribution in [2.24, 2.45) is 0 Å². The lowest BCUT2D eigenvalue weighted by Crippen LogP contribution is -2.13. The van der Waals surface area contributed by atoms with Crippen LogP contribution in [0.25, 0.3) is 0 Å². The van der Waals surface area contributed by atoms with E-state index in [1.165, 1.54) is 12.1 Å². The summed E-state index contributed by atoms with van der Waals surface area (Å²) in [6.07, 6.45) is 0. The fourth-order valence-electron chi connectivity index (χ4n) is 1.11. The molecule has 0 bridgehead atoms. The summed E-state index contributed by atoms with van der Waals surface area (Å²) in [5.41, 5.74) is -0.173. The van der Waals surface area contributed by atoms with Crippen molar-refractivity contribution in [3.63, 3.8) is 0 Å². The first-order chi connectivity index (χ1) is 6.88. The Labute approximate surface area is 92.2 Å². The molecule has 0 aliphatic heterocycles. The fourth-order valence-corrected chi connectivity index (χ4v) is 1.36. The second-order valence-corrected chi connectivity index (χ2v) is 4.07. The topological polar surface area (TPSA) is 66.9 Å². The monoisotopic (exact) mass is 224 g/mol. The number of nitro benzene ring substituents is 1. The van der Waals surface area contributed by atoms with E-state index >= 15 is 0 Å². The second kappa shape index (κ2) is 3.87. The van der Waals surface area contributed by atoms with E-state index in [0.29, 0.717) is 5.56 Å². The summed E-state index contributed by atoms with van der Waals surface area (Å²) in [5, 5.41) is 19.5. The quantitative estimate of drug-likeness (QED) is 0.573. The van der Waals surface area contributed by atoms with E-state index in [0.717, 1.165) is 0 Å². The molecule has 0 fully saturated rings. The van der Waals surface area contributed by atoms with Crippen molar-refractivity contribution in [2.45, 2.75) is 19.3 Å². The molecule has 1 aromatic carbocycles. The van der Waals surface area contributed by atoms with Crippen LogP contribution in [0.1, 0.15) is 19.4 Å². The minimum atomic E-state index is -0.696. The molecule has 0 radical (unpaired) electrons. The maximum atomic E-state index is 10.5. The van der Waals surface area contributed by atoms with E-state index < -0.39 is 10.3 Å². The number of halogens is 1. The zero-order valence-electron chi connectivity index (χ0n) is 8.32. The van der Waals surface area contributed by atoms with Crippen molar-refractivity contribution < 1.29 is 4.92 Å². The minimum Gasteiger partial charge on any atom is -0.258 e. The summed E-state index contributed by atoms with van der Waals surface area (Å²) in [7, 11) is 0. The van der Waals surface area contributed by atoms with Gasteiger partial charge >= 0.3 is 0 Å². The highest BCUT2D eigenvalue weighted by atomic mass is 35.5. The molecule has 0 aliphatic rings. The van der Waals surface area contributed by atoms with Gasteiger partial charge in [0.15, 0.2) is 0 Å². The van der Waals surface area contributed by atoms with Crippen LogP contribution >= 0.6 is 11.6 Å².